The van der Waals surface area contributed by atoms with Crippen molar-refractivity contribution in [3.8, 4) is 16.9 Å². The average Bonchev–Trinajstić information content (AvgIpc) is 2.76. The third-order valence-corrected chi connectivity index (χ3v) is 6.48. The Kier molecular flexibility index (Phi) is 5.78. The van der Waals surface area contributed by atoms with Crippen LogP contribution in [0.4, 0.5) is 17.6 Å². The molecule has 0 aliphatic rings. The Hall–Kier alpha value is -3.57. The number of aromatic nitrogens is 1. The molecule has 0 aliphatic carbocycles. The van der Waals surface area contributed by atoms with E-state index in [2.05, 4.69) is 0 Å². The van der Waals surface area contributed by atoms with Gasteiger partial charge >= 0.3 is 6.18 Å². The van der Waals surface area contributed by atoms with Gasteiger partial charge in [0.2, 0.25) is 0 Å². The fourth-order valence-corrected chi connectivity index (χ4v) is 4.54. The van der Waals surface area contributed by atoms with Crippen LogP contribution in [0.25, 0.3) is 22.0 Å². The van der Waals surface area contributed by atoms with Gasteiger partial charge in [0.25, 0.3) is 15.6 Å². The number of nitrogens with zero attached hydrogens (tertiary/aromatic N) is 1. The van der Waals surface area contributed by atoms with Gasteiger partial charge in [0.15, 0.2) is 0 Å². The van der Waals surface area contributed by atoms with Crippen LogP contribution in [0.15, 0.2) is 76.4 Å². The Morgan fingerprint density at radius 1 is 0.912 bits per heavy atom. The topological polar surface area (TPSA) is 88.4 Å². The lowest BCUT2D eigenvalue weighted by atomic mass is 9.98. The number of phenolic OH excluding ortho intramolecular Hbond substituents is 1. The fourth-order valence-electron chi connectivity index (χ4n) is 3.34. The van der Waals surface area contributed by atoms with E-state index < -0.39 is 33.1 Å². The standard InChI is InChI=1S/C22H13ClF4N2O4S/c23-13-2-8-20(30)18(10-13)16-11-21(31)29(19-7-1-12(9-17(16)19)22(25,26)27)28-34(32,33)15-5-3-14(24)4-6-15/h1-11,28,30H. The lowest BCUT2D eigenvalue weighted by Gasteiger charge is -2.17. The predicted octanol–water partition coefficient (Wildman–Crippen LogP) is 5.12. The maximum Gasteiger partial charge on any atom is 0.416 e. The smallest absolute Gasteiger partial charge is 0.416 e. The van der Waals surface area contributed by atoms with Crippen molar-refractivity contribution >= 4 is 32.5 Å². The number of nitrogens with one attached hydrogen (secondary N) is 1. The highest BCUT2D eigenvalue weighted by Crippen LogP contribution is 2.38. The minimum atomic E-state index is -4.74. The van der Waals surface area contributed by atoms with Gasteiger partial charge in [-0.15, -0.1) is 0 Å². The van der Waals surface area contributed by atoms with Crippen molar-refractivity contribution in [2.24, 2.45) is 0 Å². The number of halogens is 5. The third kappa shape index (κ3) is 4.44. The summed E-state index contributed by atoms with van der Waals surface area (Å²) in [4.78, 5) is 14.5. The van der Waals surface area contributed by atoms with Crippen molar-refractivity contribution in [3.63, 3.8) is 0 Å². The molecule has 0 unspecified atom stereocenters. The number of phenols is 1. The second-order valence-electron chi connectivity index (χ2n) is 7.17. The SMILES string of the molecule is O=c1cc(-c2cc(Cl)ccc2O)c2cc(C(F)(F)F)ccc2n1NS(=O)(=O)c1ccc(F)cc1. The molecule has 0 aliphatic heterocycles. The van der Waals surface area contributed by atoms with Gasteiger partial charge < -0.3 is 5.11 Å². The van der Waals surface area contributed by atoms with Crippen molar-refractivity contribution in [1.29, 1.82) is 0 Å². The largest absolute Gasteiger partial charge is 0.507 e. The Morgan fingerprint density at radius 3 is 2.24 bits per heavy atom. The van der Waals surface area contributed by atoms with Crippen LogP contribution in [0, 0.1) is 5.82 Å². The summed E-state index contributed by atoms with van der Waals surface area (Å²) in [7, 11) is -4.42. The first-order valence-electron chi connectivity index (χ1n) is 9.41. The molecule has 0 saturated carbocycles. The van der Waals surface area contributed by atoms with E-state index in [9.17, 15) is 35.9 Å². The molecule has 0 amide bonds. The Morgan fingerprint density at radius 2 is 1.59 bits per heavy atom. The fraction of sp³-hybridized carbons (Fsp3) is 0.0455. The molecule has 2 N–H and O–H groups in total. The van der Waals surface area contributed by atoms with Gasteiger partial charge in [-0.05, 0) is 60.7 Å². The molecule has 1 heterocycles. The summed E-state index contributed by atoms with van der Waals surface area (Å²) in [6.45, 7) is 0. The minimum absolute atomic E-state index is 0.0255. The molecular formula is C22H13ClF4N2O4S. The Bertz CT molecular complexity index is 1580. The van der Waals surface area contributed by atoms with Gasteiger partial charge in [0.1, 0.15) is 11.6 Å². The number of aromatic hydroxyl groups is 1. The normalized spacial score (nSPS) is 12.1. The average molecular weight is 513 g/mol. The van der Waals surface area contributed by atoms with E-state index >= 15 is 0 Å². The third-order valence-electron chi connectivity index (χ3n) is 4.93. The zero-order valence-electron chi connectivity index (χ0n) is 16.8. The van der Waals surface area contributed by atoms with Crippen molar-refractivity contribution in [2.45, 2.75) is 11.1 Å². The summed E-state index contributed by atoms with van der Waals surface area (Å²) >= 11 is 5.97. The molecule has 1 aromatic heterocycles. The summed E-state index contributed by atoms with van der Waals surface area (Å²) in [5.74, 6) is -1.04. The number of rotatable bonds is 4. The number of benzene rings is 3. The van der Waals surface area contributed by atoms with E-state index in [0.29, 0.717) is 10.7 Å². The van der Waals surface area contributed by atoms with Gasteiger partial charge in [-0.2, -0.15) is 21.6 Å². The maximum absolute atomic E-state index is 13.4. The molecule has 176 valence electrons. The molecular weight excluding hydrogens is 500 g/mol. The molecule has 3 aromatic carbocycles. The van der Waals surface area contributed by atoms with Crippen LogP contribution in [-0.2, 0) is 16.2 Å². The summed E-state index contributed by atoms with van der Waals surface area (Å²) < 4.78 is 79.5. The first kappa shape index (κ1) is 23.6. The monoisotopic (exact) mass is 512 g/mol. The maximum atomic E-state index is 13.4. The number of fused-ring (bicyclic) bond motifs is 1. The van der Waals surface area contributed by atoms with E-state index in [1.165, 1.54) is 18.2 Å². The van der Waals surface area contributed by atoms with Gasteiger partial charge in [-0.3, -0.25) is 4.79 Å². The van der Waals surface area contributed by atoms with Crippen LogP contribution in [-0.4, -0.2) is 18.2 Å². The molecule has 0 radical (unpaired) electrons. The lowest BCUT2D eigenvalue weighted by Crippen LogP contribution is -2.33. The molecule has 0 fully saturated rings. The van der Waals surface area contributed by atoms with E-state index in [-0.39, 0.29) is 37.7 Å². The zero-order valence-corrected chi connectivity index (χ0v) is 18.3. The first-order valence-corrected chi connectivity index (χ1v) is 11.3. The molecule has 12 heteroatoms. The van der Waals surface area contributed by atoms with Gasteiger partial charge in [0.05, 0.1) is 16.0 Å². The second kappa shape index (κ2) is 8.33. The molecule has 6 nitrogen and oxygen atoms in total. The van der Waals surface area contributed by atoms with E-state index in [4.69, 9.17) is 11.6 Å². The summed E-state index contributed by atoms with van der Waals surface area (Å²) in [5, 5.41) is 10.2. The second-order valence-corrected chi connectivity index (χ2v) is 9.27. The number of hydrogen-bond acceptors (Lipinski definition) is 4. The van der Waals surface area contributed by atoms with Crippen LogP contribution in [0.1, 0.15) is 5.56 Å². The van der Waals surface area contributed by atoms with Crippen molar-refractivity contribution in [1.82, 2.24) is 4.68 Å². The van der Waals surface area contributed by atoms with Crippen LogP contribution in [0.2, 0.25) is 5.02 Å². The minimum Gasteiger partial charge on any atom is -0.507 e. The van der Waals surface area contributed by atoms with Crippen LogP contribution in [0.3, 0.4) is 0 Å². The molecule has 4 rings (SSSR count). The summed E-state index contributed by atoms with van der Waals surface area (Å²) in [6.07, 6.45) is -4.74. The quantitative estimate of drug-likeness (QED) is 0.372. The molecule has 34 heavy (non-hydrogen) atoms. The van der Waals surface area contributed by atoms with E-state index in [1.54, 1.807) is 0 Å². The highest BCUT2D eigenvalue weighted by atomic mass is 35.5. The first-order chi connectivity index (χ1) is 15.9. The van der Waals surface area contributed by atoms with E-state index in [1.807, 2.05) is 4.83 Å². The molecule has 0 bridgehead atoms. The lowest BCUT2D eigenvalue weighted by molar-refractivity contribution is -0.137. The van der Waals surface area contributed by atoms with Crippen LogP contribution in [0.5, 0.6) is 5.75 Å². The Balaban J connectivity index is 1.99. The molecule has 0 spiro atoms. The number of alkyl halides is 3. The summed E-state index contributed by atoms with van der Waals surface area (Å²) in [6, 6.07) is 10.8. The highest BCUT2D eigenvalue weighted by Gasteiger charge is 2.31. The highest BCUT2D eigenvalue weighted by molar-refractivity contribution is 7.92. The molecule has 0 saturated heterocycles. The van der Waals surface area contributed by atoms with Crippen molar-refractivity contribution < 1.29 is 31.1 Å². The van der Waals surface area contributed by atoms with Crippen molar-refractivity contribution in [3.05, 3.63) is 93.5 Å². The van der Waals surface area contributed by atoms with Crippen LogP contribution < -0.4 is 10.4 Å². The molecule has 0 atom stereocenters. The van der Waals surface area contributed by atoms with Gasteiger partial charge in [0, 0.05) is 27.6 Å². The van der Waals surface area contributed by atoms with E-state index in [0.717, 1.165) is 42.5 Å². The zero-order chi connectivity index (χ0) is 24.8. The number of pyridine rings is 1. The van der Waals surface area contributed by atoms with Crippen LogP contribution >= 0.6 is 11.6 Å². The van der Waals surface area contributed by atoms with Gasteiger partial charge in [-0.1, -0.05) is 11.6 Å². The van der Waals surface area contributed by atoms with Crippen molar-refractivity contribution in [2.75, 3.05) is 4.83 Å². The molecule has 4 aromatic rings. The predicted molar refractivity (Wildman–Crippen MR) is 118 cm³/mol. The van der Waals surface area contributed by atoms with Gasteiger partial charge in [-0.25, -0.2) is 13.9 Å². The summed E-state index contributed by atoms with van der Waals surface area (Å²) in [5.41, 5.74) is -2.35. The number of sulfonamides is 1. The number of hydrogen-bond donors (Lipinski definition) is 2. The Labute approximate surface area is 194 Å².